The van der Waals surface area contributed by atoms with Crippen LogP contribution in [-0.2, 0) is 14.6 Å². The number of thioether (sulfide) groups is 1. The minimum absolute atomic E-state index is 0.0242. The Bertz CT molecular complexity index is 420. The van der Waals surface area contributed by atoms with Crippen molar-refractivity contribution in [3.05, 3.63) is 0 Å². The largest absolute Gasteiger partial charge is 0.330 e. The fourth-order valence-corrected chi connectivity index (χ4v) is 5.61. The standard InChI is InChI=1S/C14H28N2O3S2/c1-3-4-12(7-8-15)5-6-13(17)16-9-10-20-11-14(16)21(2,18)19/h12,14H,3-11,15H2,1-2H3. The highest BCUT2D eigenvalue weighted by Crippen LogP contribution is 2.23. The Balaban J connectivity index is 2.59. The molecule has 2 unspecified atom stereocenters. The molecule has 5 nitrogen and oxygen atoms in total. The molecule has 0 aromatic carbocycles. The van der Waals surface area contributed by atoms with E-state index in [1.54, 1.807) is 16.7 Å². The van der Waals surface area contributed by atoms with Crippen LogP contribution in [0.4, 0.5) is 0 Å². The Morgan fingerprint density at radius 1 is 1.38 bits per heavy atom. The lowest BCUT2D eigenvalue weighted by Gasteiger charge is -2.34. The Morgan fingerprint density at radius 2 is 2.10 bits per heavy atom. The van der Waals surface area contributed by atoms with Crippen molar-refractivity contribution in [2.45, 2.75) is 44.4 Å². The summed E-state index contributed by atoms with van der Waals surface area (Å²) in [5, 5.41) is -0.650. The zero-order chi connectivity index (χ0) is 15.9. The molecule has 0 aromatic rings. The Morgan fingerprint density at radius 3 is 2.67 bits per heavy atom. The van der Waals surface area contributed by atoms with Gasteiger partial charge in [0.15, 0.2) is 9.84 Å². The summed E-state index contributed by atoms with van der Waals surface area (Å²) >= 11 is 1.60. The summed E-state index contributed by atoms with van der Waals surface area (Å²) < 4.78 is 23.6. The van der Waals surface area contributed by atoms with Gasteiger partial charge < -0.3 is 10.6 Å². The highest BCUT2D eigenvalue weighted by Gasteiger charge is 2.33. The topological polar surface area (TPSA) is 80.5 Å². The first-order valence-corrected chi connectivity index (χ1v) is 10.8. The predicted molar refractivity (Wildman–Crippen MR) is 89.0 cm³/mol. The van der Waals surface area contributed by atoms with Gasteiger partial charge in [-0.2, -0.15) is 11.8 Å². The third-order valence-corrected chi connectivity index (χ3v) is 6.58. The summed E-state index contributed by atoms with van der Waals surface area (Å²) in [7, 11) is -3.21. The second-order valence-electron chi connectivity index (χ2n) is 5.72. The predicted octanol–water partition coefficient (Wildman–Crippen LogP) is 1.48. The van der Waals surface area contributed by atoms with E-state index in [1.807, 2.05) is 0 Å². The molecule has 1 aliphatic heterocycles. The minimum atomic E-state index is -3.21. The van der Waals surface area contributed by atoms with Crippen molar-refractivity contribution in [1.82, 2.24) is 4.90 Å². The van der Waals surface area contributed by atoms with E-state index in [9.17, 15) is 13.2 Å². The maximum absolute atomic E-state index is 12.4. The summed E-state index contributed by atoms with van der Waals surface area (Å²) in [6.45, 7) is 3.31. The van der Waals surface area contributed by atoms with Crippen LogP contribution in [0.1, 0.15) is 39.0 Å². The molecule has 0 aromatic heterocycles. The normalized spacial score (nSPS) is 21.3. The van der Waals surface area contributed by atoms with Crippen molar-refractivity contribution in [3.8, 4) is 0 Å². The maximum atomic E-state index is 12.4. The first-order chi connectivity index (χ1) is 9.90. The van der Waals surface area contributed by atoms with Crippen LogP contribution in [-0.4, -0.2) is 55.4 Å². The molecule has 1 aliphatic rings. The summed E-state index contributed by atoms with van der Waals surface area (Å²) in [5.74, 6) is 1.76. The van der Waals surface area contributed by atoms with Crippen LogP contribution in [0.5, 0.6) is 0 Å². The number of hydrogen-bond donors (Lipinski definition) is 1. The van der Waals surface area contributed by atoms with Crippen molar-refractivity contribution < 1.29 is 13.2 Å². The lowest BCUT2D eigenvalue weighted by atomic mass is 9.94. The highest BCUT2D eigenvalue weighted by atomic mass is 32.2. The summed E-state index contributed by atoms with van der Waals surface area (Å²) in [5.41, 5.74) is 5.61. The number of nitrogens with two attached hydrogens (primary N) is 1. The van der Waals surface area contributed by atoms with E-state index in [0.717, 1.165) is 31.4 Å². The average Bonchev–Trinajstić information content (AvgIpc) is 2.44. The highest BCUT2D eigenvalue weighted by molar-refractivity contribution is 8.00. The van der Waals surface area contributed by atoms with E-state index >= 15 is 0 Å². The summed E-state index contributed by atoms with van der Waals surface area (Å²) in [4.78, 5) is 14.0. The van der Waals surface area contributed by atoms with Gasteiger partial charge in [-0.05, 0) is 25.3 Å². The number of amides is 1. The molecule has 21 heavy (non-hydrogen) atoms. The molecule has 0 spiro atoms. The molecule has 1 amide bonds. The van der Waals surface area contributed by atoms with Crippen LogP contribution in [0.3, 0.4) is 0 Å². The van der Waals surface area contributed by atoms with Gasteiger partial charge in [0, 0.05) is 30.7 Å². The number of hydrogen-bond acceptors (Lipinski definition) is 5. The van der Waals surface area contributed by atoms with Crippen molar-refractivity contribution >= 4 is 27.5 Å². The van der Waals surface area contributed by atoms with Crippen molar-refractivity contribution in [2.75, 3.05) is 30.9 Å². The van der Waals surface area contributed by atoms with Crippen molar-refractivity contribution in [3.63, 3.8) is 0 Å². The van der Waals surface area contributed by atoms with Gasteiger partial charge in [-0.1, -0.05) is 19.8 Å². The monoisotopic (exact) mass is 336 g/mol. The van der Waals surface area contributed by atoms with Crippen LogP contribution < -0.4 is 5.73 Å². The number of sulfone groups is 1. The van der Waals surface area contributed by atoms with E-state index in [1.165, 1.54) is 6.26 Å². The lowest BCUT2D eigenvalue weighted by Crippen LogP contribution is -2.49. The Labute approximate surface area is 132 Å². The molecule has 1 saturated heterocycles. The molecule has 124 valence electrons. The van der Waals surface area contributed by atoms with E-state index in [2.05, 4.69) is 6.92 Å². The van der Waals surface area contributed by atoms with Crippen LogP contribution in [0, 0.1) is 5.92 Å². The quantitative estimate of drug-likeness (QED) is 0.726. The van der Waals surface area contributed by atoms with Gasteiger partial charge in [0.2, 0.25) is 5.91 Å². The number of nitrogens with zero attached hydrogens (tertiary/aromatic N) is 1. The number of carbonyl (C=O) groups is 1. The second-order valence-corrected chi connectivity index (χ2v) is 9.07. The third kappa shape index (κ3) is 6.16. The molecular weight excluding hydrogens is 308 g/mol. The maximum Gasteiger partial charge on any atom is 0.223 e. The van der Waals surface area contributed by atoms with Gasteiger partial charge in [0.25, 0.3) is 0 Å². The fraction of sp³-hybridized carbons (Fsp3) is 0.929. The second kappa shape index (κ2) is 9.00. The molecule has 0 saturated carbocycles. The third-order valence-electron chi connectivity index (χ3n) is 3.94. The SMILES string of the molecule is CCCC(CCN)CCC(=O)N1CCSCC1S(C)(=O)=O. The first-order valence-electron chi connectivity index (χ1n) is 7.66. The Hall–Kier alpha value is -0.270. The van der Waals surface area contributed by atoms with E-state index in [-0.39, 0.29) is 5.91 Å². The summed E-state index contributed by atoms with van der Waals surface area (Å²) in [6, 6.07) is 0. The van der Waals surface area contributed by atoms with E-state index in [0.29, 0.717) is 31.2 Å². The molecule has 1 fully saturated rings. The van der Waals surface area contributed by atoms with Crippen LogP contribution in [0.2, 0.25) is 0 Å². The van der Waals surface area contributed by atoms with Crippen LogP contribution in [0.15, 0.2) is 0 Å². The number of rotatable bonds is 8. The van der Waals surface area contributed by atoms with Crippen molar-refractivity contribution in [2.24, 2.45) is 11.7 Å². The van der Waals surface area contributed by atoms with Gasteiger partial charge in [-0.25, -0.2) is 8.42 Å². The minimum Gasteiger partial charge on any atom is -0.330 e. The van der Waals surface area contributed by atoms with E-state index in [4.69, 9.17) is 5.73 Å². The van der Waals surface area contributed by atoms with E-state index < -0.39 is 15.2 Å². The fourth-order valence-electron chi connectivity index (χ4n) is 2.77. The lowest BCUT2D eigenvalue weighted by molar-refractivity contribution is -0.131. The zero-order valence-electron chi connectivity index (χ0n) is 13.1. The molecule has 0 aliphatic carbocycles. The smallest absolute Gasteiger partial charge is 0.223 e. The first kappa shape index (κ1) is 18.8. The molecule has 2 N–H and O–H groups in total. The molecule has 1 rings (SSSR count). The van der Waals surface area contributed by atoms with Crippen LogP contribution in [0.25, 0.3) is 0 Å². The molecule has 1 heterocycles. The molecule has 7 heteroatoms. The molecular formula is C14H28N2O3S2. The van der Waals surface area contributed by atoms with Gasteiger partial charge in [0.1, 0.15) is 5.37 Å². The Kier molecular flexibility index (Phi) is 8.05. The van der Waals surface area contributed by atoms with Gasteiger partial charge in [-0.15, -0.1) is 0 Å². The van der Waals surface area contributed by atoms with Gasteiger partial charge >= 0.3 is 0 Å². The van der Waals surface area contributed by atoms with Crippen molar-refractivity contribution in [1.29, 1.82) is 0 Å². The molecule has 2 atom stereocenters. The average molecular weight is 337 g/mol. The van der Waals surface area contributed by atoms with Crippen LogP contribution >= 0.6 is 11.8 Å². The summed E-state index contributed by atoms with van der Waals surface area (Å²) in [6.07, 6.45) is 5.57. The molecule has 0 bridgehead atoms. The number of carbonyl (C=O) groups excluding carboxylic acids is 1. The zero-order valence-corrected chi connectivity index (χ0v) is 14.7. The van der Waals surface area contributed by atoms with Gasteiger partial charge in [0.05, 0.1) is 0 Å². The molecule has 0 radical (unpaired) electrons. The van der Waals surface area contributed by atoms with Gasteiger partial charge in [-0.3, -0.25) is 4.79 Å².